The number of carbonyl (C=O) groups excluding carboxylic acids is 1. The normalized spacial score (nSPS) is 19.8. The number of nitrogens with one attached hydrogen (secondary N) is 1. The highest BCUT2D eigenvalue weighted by Gasteiger charge is 2.27. The minimum atomic E-state index is -0.338. The molecule has 2 aliphatic rings. The number of hydrogen-bond acceptors (Lipinski definition) is 4. The summed E-state index contributed by atoms with van der Waals surface area (Å²) in [5.41, 5.74) is 1.07. The van der Waals surface area contributed by atoms with Crippen molar-refractivity contribution in [3.63, 3.8) is 0 Å². The van der Waals surface area contributed by atoms with E-state index in [0.29, 0.717) is 60.5 Å². The third-order valence-electron chi connectivity index (χ3n) is 4.90. The molecular formula is C17H20ClFN4O2. The molecule has 4 rings (SSSR count). The van der Waals surface area contributed by atoms with Crippen molar-refractivity contribution in [1.29, 1.82) is 0 Å². The van der Waals surface area contributed by atoms with Gasteiger partial charge in [-0.1, -0.05) is 11.6 Å². The quantitative estimate of drug-likeness (QED) is 0.822. The summed E-state index contributed by atoms with van der Waals surface area (Å²) in [7, 11) is 0. The zero-order chi connectivity index (χ0) is 17.4. The van der Waals surface area contributed by atoms with Gasteiger partial charge in [-0.15, -0.1) is 0 Å². The van der Waals surface area contributed by atoms with Crippen LogP contribution in [0.2, 0.25) is 5.02 Å². The second-order valence-electron chi connectivity index (χ2n) is 6.52. The summed E-state index contributed by atoms with van der Waals surface area (Å²) in [6.45, 7) is 3.41. The summed E-state index contributed by atoms with van der Waals surface area (Å²) in [4.78, 5) is 18.3. The number of hydrogen-bond donors (Lipinski definition) is 1. The van der Waals surface area contributed by atoms with Gasteiger partial charge in [-0.3, -0.25) is 4.79 Å². The smallest absolute Gasteiger partial charge is 0.225 e. The van der Waals surface area contributed by atoms with E-state index in [0.717, 1.165) is 13.0 Å². The average molecular weight is 367 g/mol. The van der Waals surface area contributed by atoms with Gasteiger partial charge in [-0.05, 0) is 19.0 Å². The molecule has 2 aromatic heterocycles. The molecule has 1 unspecified atom stereocenters. The van der Waals surface area contributed by atoms with Crippen molar-refractivity contribution < 1.29 is 13.9 Å². The van der Waals surface area contributed by atoms with Gasteiger partial charge in [0.25, 0.3) is 0 Å². The number of ether oxygens (including phenoxy) is 1. The van der Waals surface area contributed by atoms with Crippen molar-refractivity contribution in [3.05, 3.63) is 28.8 Å². The van der Waals surface area contributed by atoms with Crippen molar-refractivity contribution in [2.75, 3.05) is 26.3 Å². The van der Waals surface area contributed by atoms with Crippen LogP contribution in [0.1, 0.15) is 18.5 Å². The van der Waals surface area contributed by atoms with Crippen LogP contribution in [-0.4, -0.2) is 52.7 Å². The van der Waals surface area contributed by atoms with Crippen LogP contribution in [0.15, 0.2) is 12.3 Å². The van der Waals surface area contributed by atoms with Crippen LogP contribution in [0.25, 0.3) is 11.0 Å². The maximum atomic E-state index is 14.7. The summed E-state index contributed by atoms with van der Waals surface area (Å²) >= 11 is 5.92. The number of rotatable bonds is 5. The summed E-state index contributed by atoms with van der Waals surface area (Å²) in [6.07, 6.45) is 2.96. The summed E-state index contributed by atoms with van der Waals surface area (Å²) in [5, 5.41) is 4.06. The number of amides is 1. The molecule has 0 aliphatic carbocycles. The van der Waals surface area contributed by atoms with Gasteiger partial charge in [0.1, 0.15) is 5.65 Å². The Kier molecular flexibility index (Phi) is 4.62. The highest BCUT2D eigenvalue weighted by molar-refractivity contribution is 6.31. The fraction of sp³-hybridized carbons (Fsp3) is 0.529. The summed E-state index contributed by atoms with van der Waals surface area (Å²) in [5.74, 6) is -0.349. The molecule has 1 atom stereocenters. The van der Waals surface area contributed by atoms with Crippen LogP contribution in [0.5, 0.6) is 0 Å². The molecule has 6 nitrogen and oxygen atoms in total. The topological polar surface area (TPSA) is 59.4 Å². The molecule has 8 heteroatoms. The largest absolute Gasteiger partial charge is 0.379 e. The number of fused-ring (bicyclic) bond motifs is 3. The molecule has 25 heavy (non-hydrogen) atoms. The van der Waals surface area contributed by atoms with Crippen molar-refractivity contribution in [3.8, 4) is 0 Å². The maximum Gasteiger partial charge on any atom is 0.225 e. The van der Waals surface area contributed by atoms with Gasteiger partial charge < -0.3 is 19.5 Å². The van der Waals surface area contributed by atoms with Crippen LogP contribution in [0.3, 0.4) is 0 Å². The first-order valence-electron chi connectivity index (χ1n) is 8.54. The third-order valence-corrected chi connectivity index (χ3v) is 5.10. The van der Waals surface area contributed by atoms with Gasteiger partial charge in [0, 0.05) is 25.3 Å². The Bertz CT molecular complexity index is 806. The van der Waals surface area contributed by atoms with Crippen molar-refractivity contribution in [1.82, 2.24) is 19.8 Å². The van der Waals surface area contributed by atoms with E-state index in [2.05, 4.69) is 10.3 Å². The Morgan fingerprint density at radius 1 is 1.48 bits per heavy atom. The molecule has 0 saturated carbocycles. The number of aromatic nitrogens is 2. The third kappa shape index (κ3) is 3.23. The molecular weight excluding hydrogens is 347 g/mol. The first-order valence-corrected chi connectivity index (χ1v) is 8.92. The van der Waals surface area contributed by atoms with E-state index in [-0.39, 0.29) is 18.3 Å². The molecule has 1 amide bonds. The van der Waals surface area contributed by atoms with Crippen LogP contribution in [-0.2, 0) is 22.6 Å². The van der Waals surface area contributed by atoms with Gasteiger partial charge >= 0.3 is 0 Å². The monoisotopic (exact) mass is 366 g/mol. The number of pyridine rings is 1. The second kappa shape index (κ2) is 6.90. The molecule has 1 N–H and O–H groups in total. The lowest BCUT2D eigenvalue weighted by molar-refractivity contribution is -0.133. The van der Waals surface area contributed by atoms with Crippen LogP contribution < -0.4 is 5.32 Å². The molecule has 0 bridgehead atoms. The van der Waals surface area contributed by atoms with Crippen molar-refractivity contribution >= 4 is 28.5 Å². The van der Waals surface area contributed by atoms with Gasteiger partial charge in [0.15, 0.2) is 5.82 Å². The Balaban J connectivity index is 1.40. The number of nitrogens with zero attached hydrogens (tertiary/aromatic N) is 3. The lowest BCUT2D eigenvalue weighted by atomic mass is 10.1. The molecule has 2 aromatic rings. The highest BCUT2D eigenvalue weighted by Crippen LogP contribution is 2.29. The Hall–Kier alpha value is -1.70. The molecule has 2 aliphatic heterocycles. The fourth-order valence-electron chi connectivity index (χ4n) is 3.33. The fourth-order valence-corrected chi connectivity index (χ4v) is 3.49. The first-order chi connectivity index (χ1) is 12.1. The van der Waals surface area contributed by atoms with Crippen LogP contribution in [0, 0.1) is 5.82 Å². The molecule has 134 valence electrons. The Morgan fingerprint density at radius 3 is 3.08 bits per heavy atom. The van der Waals surface area contributed by atoms with Crippen molar-refractivity contribution in [2.24, 2.45) is 0 Å². The first kappa shape index (κ1) is 16.8. The van der Waals surface area contributed by atoms with E-state index < -0.39 is 0 Å². The van der Waals surface area contributed by atoms with Gasteiger partial charge in [0.2, 0.25) is 5.91 Å². The van der Waals surface area contributed by atoms with E-state index in [1.165, 1.54) is 6.20 Å². The van der Waals surface area contributed by atoms with Gasteiger partial charge in [-0.2, -0.15) is 0 Å². The maximum absolute atomic E-state index is 14.7. The standard InChI is InChI=1S/C17H20ClFN4O2/c18-11-7-13-16(19)14-9-22(4-5-23(14)17(13)21-8-11)15(24)2-6-25-10-12-1-3-20-12/h7-8,12,20H,1-6,9-10H2. The van der Waals surface area contributed by atoms with Crippen LogP contribution in [0.4, 0.5) is 4.39 Å². The Morgan fingerprint density at radius 2 is 2.32 bits per heavy atom. The van der Waals surface area contributed by atoms with Gasteiger partial charge in [0.05, 0.1) is 42.3 Å². The molecule has 0 aromatic carbocycles. The van der Waals surface area contributed by atoms with Gasteiger partial charge in [-0.25, -0.2) is 9.37 Å². The van der Waals surface area contributed by atoms with E-state index in [9.17, 15) is 9.18 Å². The predicted molar refractivity (Wildman–Crippen MR) is 92.0 cm³/mol. The molecule has 4 heterocycles. The highest BCUT2D eigenvalue weighted by atomic mass is 35.5. The predicted octanol–water partition coefficient (Wildman–Crippen LogP) is 1.94. The lowest BCUT2D eigenvalue weighted by Gasteiger charge is -2.29. The minimum Gasteiger partial charge on any atom is -0.379 e. The second-order valence-corrected chi connectivity index (χ2v) is 6.95. The Labute approximate surface area is 149 Å². The van der Waals surface area contributed by atoms with Crippen LogP contribution >= 0.6 is 11.6 Å². The van der Waals surface area contributed by atoms with E-state index in [1.54, 1.807) is 11.0 Å². The molecule has 0 radical (unpaired) electrons. The molecule has 0 spiro atoms. The average Bonchev–Trinajstić information content (AvgIpc) is 2.84. The van der Waals surface area contributed by atoms with E-state index in [1.807, 2.05) is 4.57 Å². The minimum absolute atomic E-state index is 0.0107. The number of halogens is 2. The molecule has 1 saturated heterocycles. The molecule has 1 fully saturated rings. The number of carbonyl (C=O) groups is 1. The zero-order valence-corrected chi connectivity index (χ0v) is 14.6. The summed E-state index contributed by atoms with van der Waals surface area (Å²) in [6, 6.07) is 2.01. The van der Waals surface area contributed by atoms with Crippen molar-refractivity contribution in [2.45, 2.75) is 32.0 Å². The van der Waals surface area contributed by atoms with E-state index in [4.69, 9.17) is 16.3 Å². The van der Waals surface area contributed by atoms with E-state index >= 15 is 0 Å². The summed E-state index contributed by atoms with van der Waals surface area (Å²) < 4.78 is 22.1. The zero-order valence-electron chi connectivity index (χ0n) is 13.8. The lowest BCUT2D eigenvalue weighted by Crippen LogP contribution is -2.46. The SMILES string of the molecule is O=C(CCOCC1CCN1)N1CCn2c(c(F)c3cc(Cl)cnc32)C1.